The first-order valence-corrected chi connectivity index (χ1v) is 12.4. The number of rotatable bonds is 8. The van der Waals surface area contributed by atoms with Crippen molar-refractivity contribution >= 4 is 23.2 Å². The minimum Gasteiger partial charge on any atom is -0.373 e. The van der Waals surface area contributed by atoms with E-state index in [0.717, 1.165) is 17.3 Å². The maximum Gasteiger partial charge on any atom is 0.433 e. The van der Waals surface area contributed by atoms with Crippen LogP contribution >= 0.6 is 11.3 Å². The average Bonchev–Trinajstić information content (AvgIpc) is 3.54. The maximum atomic E-state index is 13.3. The van der Waals surface area contributed by atoms with E-state index in [1.165, 1.54) is 17.4 Å². The molecule has 1 aliphatic rings. The molecule has 4 heterocycles. The molecule has 0 aromatic carbocycles. The summed E-state index contributed by atoms with van der Waals surface area (Å²) >= 11 is 1.46. The molecule has 1 aliphatic heterocycles. The van der Waals surface area contributed by atoms with Crippen molar-refractivity contribution in [3.63, 3.8) is 0 Å². The second kappa shape index (κ2) is 10.8. The zero-order valence-electron chi connectivity index (χ0n) is 19.8. The van der Waals surface area contributed by atoms with Crippen molar-refractivity contribution in [2.75, 3.05) is 6.61 Å². The van der Waals surface area contributed by atoms with Gasteiger partial charge >= 0.3 is 6.18 Å². The standard InChI is InChI=1S/C24H26F3N5O3S/c1-3-16(14-5-6-20(29-12-14)24(25,26)27)30-21(33)15-11-18(32-8-9-35-13-19(15)32)22(34)31-17(4-2)23-28-7-10-36-23/h5-7,10-12,16-17H,3-4,8-9,13H2,1-2H3,(H,30,33)(H,31,34). The van der Waals surface area contributed by atoms with Crippen molar-refractivity contribution in [2.24, 2.45) is 0 Å². The van der Waals surface area contributed by atoms with Crippen molar-refractivity contribution in [1.29, 1.82) is 0 Å². The van der Waals surface area contributed by atoms with Gasteiger partial charge in [0.1, 0.15) is 16.4 Å². The number of carbonyl (C=O) groups is 2. The van der Waals surface area contributed by atoms with Crippen LogP contribution in [-0.2, 0) is 24.1 Å². The van der Waals surface area contributed by atoms with Crippen LogP contribution in [0.5, 0.6) is 0 Å². The third kappa shape index (κ3) is 5.44. The predicted octanol–water partition coefficient (Wildman–Crippen LogP) is 4.65. The Bertz CT molecular complexity index is 1210. The third-order valence-corrected chi connectivity index (χ3v) is 6.93. The molecule has 2 atom stereocenters. The number of fused-ring (bicyclic) bond motifs is 1. The van der Waals surface area contributed by atoms with Crippen LogP contribution in [0, 0.1) is 0 Å². The molecule has 8 nitrogen and oxygen atoms in total. The molecule has 12 heteroatoms. The smallest absolute Gasteiger partial charge is 0.373 e. The van der Waals surface area contributed by atoms with Crippen molar-refractivity contribution in [3.8, 4) is 0 Å². The molecule has 0 fully saturated rings. The lowest BCUT2D eigenvalue weighted by atomic mass is 10.1. The Morgan fingerprint density at radius 1 is 1.14 bits per heavy atom. The van der Waals surface area contributed by atoms with E-state index in [1.807, 2.05) is 19.2 Å². The molecule has 0 spiro atoms. The van der Waals surface area contributed by atoms with E-state index in [2.05, 4.69) is 20.6 Å². The van der Waals surface area contributed by atoms with Gasteiger partial charge in [0, 0.05) is 24.3 Å². The minimum absolute atomic E-state index is 0.165. The number of halogens is 3. The molecular weight excluding hydrogens is 495 g/mol. The van der Waals surface area contributed by atoms with E-state index < -0.39 is 23.8 Å². The Morgan fingerprint density at radius 2 is 1.89 bits per heavy atom. The second-order valence-corrected chi connectivity index (χ2v) is 9.23. The lowest BCUT2D eigenvalue weighted by Crippen LogP contribution is -2.31. The molecule has 0 radical (unpaired) electrons. The lowest BCUT2D eigenvalue weighted by Gasteiger charge is -2.21. The van der Waals surface area contributed by atoms with E-state index in [0.29, 0.717) is 48.5 Å². The van der Waals surface area contributed by atoms with Gasteiger partial charge in [0.25, 0.3) is 11.8 Å². The van der Waals surface area contributed by atoms with Crippen LogP contribution in [0.3, 0.4) is 0 Å². The van der Waals surface area contributed by atoms with Crippen LogP contribution in [0.2, 0.25) is 0 Å². The first-order chi connectivity index (χ1) is 17.2. The summed E-state index contributed by atoms with van der Waals surface area (Å²) in [5.41, 5.74) is 0.671. The summed E-state index contributed by atoms with van der Waals surface area (Å²) < 4.78 is 45.9. The molecule has 0 bridgehead atoms. The summed E-state index contributed by atoms with van der Waals surface area (Å²) in [6, 6.07) is 2.94. The molecule has 2 unspecified atom stereocenters. The molecular formula is C24H26F3N5O3S. The normalized spacial score (nSPS) is 15.1. The maximum absolute atomic E-state index is 13.3. The summed E-state index contributed by atoms with van der Waals surface area (Å²) in [6.07, 6.45) is -0.641. The van der Waals surface area contributed by atoms with E-state index in [-0.39, 0.29) is 18.6 Å². The van der Waals surface area contributed by atoms with Crippen molar-refractivity contribution in [3.05, 3.63) is 69.2 Å². The van der Waals surface area contributed by atoms with Gasteiger partial charge in [-0.05, 0) is 30.5 Å². The number of carbonyl (C=O) groups excluding carboxylic acids is 2. The molecule has 0 saturated carbocycles. The number of amides is 2. The molecule has 0 saturated heterocycles. The summed E-state index contributed by atoms with van der Waals surface area (Å²) in [7, 11) is 0. The lowest BCUT2D eigenvalue weighted by molar-refractivity contribution is -0.141. The molecule has 192 valence electrons. The molecule has 4 rings (SSSR count). The predicted molar refractivity (Wildman–Crippen MR) is 126 cm³/mol. The summed E-state index contributed by atoms with van der Waals surface area (Å²) in [5.74, 6) is -0.764. The Kier molecular flexibility index (Phi) is 7.74. The molecule has 2 amide bonds. The number of nitrogens with one attached hydrogen (secondary N) is 2. The fraction of sp³-hybridized carbons (Fsp3) is 0.417. The SMILES string of the molecule is CCC(NC(=O)c1cc(C(=O)NC(CC)c2nccs2)n2c1COCC2)c1ccc(C(F)(F)F)nc1. The van der Waals surface area contributed by atoms with Gasteiger partial charge < -0.3 is 19.9 Å². The highest BCUT2D eigenvalue weighted by atomic mass is 32.1. The van der Waals surface area contributed by atoms with Crippen LogP contribution in [0.4, 0.5) is 13.2 Å². The van der Waals surface area contributed by atoms with Crippen LogP contribution in [0.25, 0.3) is 0 Å². The van der Waals surface area contributed by atoms with E-state index in [1.54, 1.807) is 16.8 Å². The van der Waals surface area contributed by atoms with Gasteiger partial charge in [-0.2, -0.15) is 13.2 Å². The average molecular weight is 522 g/mol. The topological polar surface area (TPSA) is 98.1 Å². The van der Waals surface area contributed by atoms with Crippen LogP contribution in [0.15, 0.2) is 36.0 Å². The van der Waals surface area contributed by atoms with Gasteiger partial charge in [-0.1, -0.05) is 19.9 Å². The number of thiazole rings is 1. The summed E-state index contributed by atoms with van der Waals surface area (Å²) in [6.45, 7) is 4.75. The van der Waals surface area contributed by atoms with E-state index in [9.17, 15) is 22.8 Å². The van der Waals surface area contributed by atoms with Crippen molar-refractivity contribution < 1.29 is 27.5 Å². The van der Waals surface area contributed by atoms with Crippen LogP contribution < -0.4 is 10.6 Å². The quantitative estimate of drug-likeness (QED) is 0.450. The third-order valence-electron chi connectivity index (χ3n) is 6.04. The first-order valence-electron chi connectivity index (χ1n) is 11.6. The first kappa shape index (κ1) is 25.8. The van der Waals surface area contributed by atoms with E-state index >= 15 is 0 Å². The molecule has 3 aromatic rings. The summed E-state index contributed by atoms with van der Waals surface area (Å²) in [5, 5.41) is 8.51. The van der Waals surface area contributed by atoms with Crippen molar-refractivity contribution in [2.45, 2.75) is 58.1 Å². The Balaban J connectivity index is 1.56. The highest BCUT2D eigenvalue weighted by molar-refractivity contribution is 7.09. The number of aromatic nitrogens is 3. The van der Waals surface area contributed by atoms with Gasteiger partial charge in [0.2, 0.25) is 0 Å². The van der Waals surface area contributed by atoms with Gasteiger partial charge in [0.15, 0.2) is 0 Å². The van der Waals surface area contributed by atoms with Crippen molar-refractivity contribution in [1.82, 2.24) is 25.2 Å². The minimum atomic E-state index is -4.54. The molecule has 36 heavy (non-hydrogen) atoms. The molecule has 0 aliphatic carbocycles. The Labute approximate surface area is 209 Å². The van der Waals surface area contributed by atoms with Gasteiger partial charge in [-0.25, -0.2) is 4.98 Å². The number of alkyl halides is 3. The number of nitrogens with zero attached hydrogens (tertiary/aromatic N) is 3. The molecule has 2 N–H and O–H groups in total. The second-order valence-electron chi connectivity index (χ2n) is 8.31. The number of ether oxygens (including phenoxy) is 1. The number of hydrogen-bond acceptors (Lipinski definition) is 6. The highest BCUT2D eigenvalue weighted by Crippen LogP contribution is 2.29. The molecule has 3 aromatic heterocycles. The number of hydrogen-bond donors (Lipinski definition) is 2. The Hall–Kier alpha value is -3.25. The fourth-order valence-electron chi connectivity index (χ4n) is 4.12. The van der Waals surface area contributed by atoms with E-state index in [4.69, 9.17) is 4.74 Å². The van der Waals surface area contributed by atoms with Crippen LogP contribution in [-0.4, -0.2) is 33.0 Å². The van der Waals surface area contributed by atoms with Gasteiger partial charge in [0.05, 0.1) is 36.6 Å². The highest BCUT2D eigenvalue weighted by Gasteiger charge is 2.33. The van der Waals surface area contributed by atoms with Crippen LogP contribution in [0.1, 0.15) is 81.6 Å². The van der Waals surface area contributed by atoms with Gasteiger partial charge in [-0.15, -0.1) is 11.3 Å². The Morgan fingerprint density at radius 3 is 2.50 bits per heavy atom. The monoisotopic (exact) mass is 521 g/mol. The fourth-order valence-corrected chi connectivity index (χ4v) is 4.90. The summed E-state index contributed by atoms with van der Waals surface area (Å²) in [4.78, 5) is 34.3. The number of pyridine rings is 1. The zero-order valence-corrected chi connectivity index (χ0v) is 20.6. The largest absolute Gasteiger partial charge is 0.433 e. The van der Waals surface area contributed by atoms with Gasteiger partial charge in [-0.3, -0.25) is 14.6 Å². The zero-order chi connectivity index (χ0) is 25.9.